The summed E-state index contributed by atoms with van der Waals surface area (Å²) in [6, 6.07) is 12.1. The first-order valence-electron chi connectivity index (χ1n) is 7.13. The fourth-order valence-electron chi connectivity index (χ4n) is 2.30. The van der Waals surface area contributed by atoms with Crippen molar-refractivity contribution in [1.82, 2.24) is 4.90 Å². The number of allylic oxidation sites excluding steroid dienone is 1. The molecule has 1 aromatic heterocycles. The minimum atomic E-state index is 0.797. The molecule has 2 aromatic rings. The Kier molecular flexibility index (Phi) is 5.76. The second kappa shape index (κ2) is 7.79. The Morgan fingerprint density at radius 3 is 2.67 bits per heavy atom. The van der Waals surface area contributed by atoms with Gasteiger partial charge in [-0.05, 0) is 43.5 Å². The van der Waals surface area contributed by atoms with E-state index in [0.29, 0.717) is 0 Å². The summed E-state index contributed by atoms with van der Waals surface area (Å²) in [5.41, 5.74) is 3.20. The highest BCUT2D eigenvalue weighted by molar-refractivity contribution is 7.09. The lowest BCUT2D eigenvalue weighted by molar-refractivity contribution is 0.112. The molecule has 21 heavy (non-hydrogen) atoms. The Bertz CT molecular complexity index is 597. The molecule has 0 bridgehead atoms. The minimum Gasteiger partial charge on any atom is -0.372 e. The van der Waals surface area contributed by atoms with Crippen molar-refractivity contribution >= 4 is 17.6 Å². The highest BCUT2D eigenvalue weighted by atomic mass is 32.1. The fraction of sp³-hybridized carbons (Fsp3) is 0.278. The molecule has 0 aliphatic carbocycles. The van der Waals surface area contributed by atoms with Gasteiger partial charge < -0.3 is 4.90 Å². The average molecular weight is 299 g/mol. The van der Waals surface area contributed by atoms with Crippen LogP contribution < -0.4 is 0 Å². The van der Waals surface area contributed by atoms with E-state index in [4.69, 9.17) is 0 Å². The van der Waals surface area contributed by atoms with Crippen LogP contribution in [0.2, 0.25) is 0 Å². The Morgan fingerprint density at radius 1 is 1.19 bits per heavy atom. The second-order valence-electron chi connectivity index (χ2n) is 5.32. The van der Waals surface area contributed by atoms with Crippen LogP contribution in [0.1, 0.15) is 34.6 Å². The quantitative estimate of drug-likeness (QED) is 0.700. The summed E-state index contributed by atoms with van der Waals surface area (Å²) in [5.74, 6) is 0. The first kappa shape index (κ1) is 15.5. The van der Waals surface area contributed by atoms with Crippen molar-refractivity contribution in [3.63, 3.8) is 0 Å². The van der Waals surface area contributed by atoms with Gasteiger partial charge in [-0.3, -0.25) is 4.79 Å². The van der Waals surface area contributed by atoms with Crippen LogP contribution in [-0.2, 0) is 13.0 Å². The smallest absolute Gasteiger partial charge is 0.150 e. The summed E-state index contributed by atoms with van der Waals surface area (Å²) in [4.78, 5) is 14.8. The van der Waals surface area contributed by atoms with E-state index in [1.54, 1.807) is 11.3 Å². The van der Waals surface area contributed by atoms with Crippen LogP contribution >= 0.6 is 11.3 Å². The zero-order chi connectivity index (χ0) is 15.1. The van der Waals surface area contributed by atoms with Crippen LogP contribution in [0, 0.1) is 0 Å². The number of rotatable bonds is 7. The predicted molar refractivity (Wildman–Crippen MR) is 89.7 cm³/mol. The number of nitrogens with zero attached hydrogens (tertiary/aromatic N) is 1. The number of carbonyl (C=O) groups is 1. The predicted octanol–water partition coefficient (Wildman–Crippen LogP) is 4.53. The van der Waals surface area contributed by atoms with E-state index in [2.05, 4.69) is 42.5 Å². The average Bonchev–Trinajstić information content (AvgIpc) is 2.97. The fourth-order valence-corrected chi connectivity index (χ4v) is 3.03. The van der Waals surface area contributed by atoms with E-state index >= 15 is 0 Å². The summed E-state index contributed by atoms with van der Waals surface area (Å²) >= 11 is 1.78. The number of thiophene rings is 1. The molecule has 3 heteroatoms. The van der Waals surface area contributed by atoms with Gasteiger partial charge in [0.2, 0.25) is 0 Å². The molecule has 110 valence electrons. The van der Waals surface area contributed by atoms with Gasteiger partial charge in [-0.2, -0.15) is 0 Å². The molecule has 0 saturated heterocycles. The molecular weight excluding hydrogens is 278 g/mol. The second-order valence-corrected chi connectivity index (χ2v) is 6.36. The van der Waals surface area contributed by atoms with Crippen LogP contribution in [0.5, 0.6) is 0 Å². The monoisotopic (exact) mass is 299 g/mol. The van der Waals surface area contributed by atoms with Gasteiger partial charge in [-0.25, -0.2) is 0 Å². The topological polar surface area (TPSA) is 20.3 Å². The van der Waals surface area contributed by atoms with Crippen LogP contribution in [0.15, 0.2) is 53.6 Å². The summed E-state index contributed by atoms with van der Waals surface area (Å²) in [5, 5.41) is 2.11. The van der Waals surface area contributed by atoms with Gasteiger partial charge in [-0.15, -0.1) is 11.3 Å². The van der Waals surface area contributed by atoms with Gasteiger partial charge in [0.1, 0.15) is 6.29 Å². The molecule has 1 aromatic carbocycles. The van der Waals surface area contributed by atoms with E-state index in [1.165, 1.54) is 10.5 Å². The standard InChI is InChI=1S/C18H21NOS/c1-15(2)12-19(13-18-8-5-11-21-18)10-9-16-6-3-4-7-17(16)14-20/h3-8,11-12,14H,9-10,13H2,1-2H3. The minimum absolute atomic E-state index is 0.797. The van der Waals surface area contributed by atoms with Crippen molar-refractivity contribution in [3.05, 3.63) is 69.6 Å². The maximum atomic E-state index is 11.1. The van der Waals surface area contributed by atoms with E-state index < -0.39 is 0 Å². The molecule has 0 aliphatic rings. The number of hydrogen-bond acceptors (Lipinski definition) is 3. The molecule has 2 rings (SSSR count). The molecule has 0 amide bonds. The van der Waals surface area contributed by atoms with Gasteiger partial charge >= 0.3 is 0 Å². The van der Waals surface area contributed by atoms with Gasteiger partial charge in [0.15, 0.2) is 0 Å². The van der Waals surface area contributed by atoms with E-state index in [1.807, 2.05) is 24.3 Å². The van der Waals surface area contributed by atoms with Crippen molar-refractivity contribution < 1.29 is 4.79 Å². The Morgan fingerprint density at radius 2 is 2.00 bits per heavy atom. The highest BCUT2D eigenvalue weighted by Crippen LogP contribution is 2.15. The molecule has 0 aliphatic heterocycles. The molecule has 0 saturated carbocycles. The zero-order valence-electron chi connectivity index (χ0n) is 12.6. The molecule has 0 fully saturated rings. The Labute approximate surface area is 130 Å². The van der Waals surface area contributed by atoms with Crippen LogP contribution in [0.25, 0.3) is 0 Å². The first-order chi connectivity index (χ1) is 10.2. The number of carbonyl (C=O) groups excluding carboxylic acids is 1. The van der Waals surface area contributed by atoms with Crippen molar-refractivity contribution in [3.8, 4) is 0 Å². The number of hydrogen-bond donors (Lipinski definition) is 0. The number of benzene rings is 1. The molecule has 0 spiro atoms. The SMILES string of the molecule is CC(C)=CN(CCc1ccccc1C=O)Cc1cccs1. The zero-order valence-corrected chi connectivity index (χ0v) is 13.4. The lowest BCUT2D eigenvalue weighted by Crippen LogP contribution is -2.20. The lowest BCUT2D eigenvalue weighted by atomic mass is 10.1. The van der Waals surface area contributed by atoms with Gasteiger partial charge in [0, 0.05) is 17.0 Å². The third kappa shape index (κ3) is 4.87. The number of aldehydes is 1. The van der Waals surface area contributed by atoms with Crippen molar-refractivity contribution in [2.24, 2.45) is 0 Å². The van der Waals surface area contributed by atoms with Crippen molar-refractivity contribution in [1.29, 1.82) is 0 Å². The Hall–Kier alpha value is -1.87. The molecule has 0 radical (unpaired) electrons. The molecule has 0 unspecified atom stereocenters. The van der Waals surface area contributed by atoms with Gasteiger partial charge in [0.25, 0.3) is 0 Å². The Balaban J connectivity index is 2.05. The largest absolute Gasteiger partial charge is 0.372 e. The van der Waals surface area contributed by atoms with E-state index in [-0.39, 0.29) is 0 Å². The van der Waals surface area contributed by atoms with Crippen LogP contribution in [0.3, 0.4) is 0 Å². The van der Waals surface area contributed by atoms with Crippen molar-refractivity contribution in [2.45, 2.75) is 26.8 Å². The highest BCUT2D eigenvalue weighted by Gasteiger charge is 2.06. The van der Waals surface area contributed by atoms with E-state index in [0.717, 1.165) is 36.9 Å². The van der Waals surface area contributed by atoms with Crippen molar-refractivity contribution in [2.75, 3.05) is 6.54 Å². The summed E-state index contributed by atoms with van der Waals surface area (Å²) in [7, 11) is 0. The normalized spacial score (nSPS) is 10.2. The molecule has 2 nitrogen and oxygen atoms in total. The first-order valence-corrected chi connectivity index (χ1v) is 8.01. The van der Waals surface area contributed by atoms with E-state index in [9.17, 15) is 4.79 Å². The summed E-state index contributed by atoms with van der Waals surface area (Å²) in [6.45, 7) is 6.06. The summed E-state index contributed by atoms with van der Waals surface area (Å²) < 4.78 is 0. The third-order valence-corrected chi connectivity index (χ3v) is 4.09. The molecule has 0 atom stereocenters. The molecule has 0 N–H and O–H groups in total. The maximum absolute atomic E-state index is 11.1. The molecule has 1 heterocycles. The van der Waals surface area contributed by atoms with Crippen LogP contribution in [0.4, 0.5) is 0 Å². The molecular formula is C18H21NOS. The maximum Gasteiger partial charge on any atom is 0.150 e. The van der Waals surface area contributed by atoms with Gasteiger partial charge in [0.05, 0.1) is 6.54 Å². The van der Waals surface area contributed by atoms with Gasteiger partial charge in [-0.1, -0.05) is 35.9 Å². The third-order valence-electron chi connectivity index (χ3n) is 3.23. The van der Waals surface area contributed by atoms with Crippen LogP contribution in [-0.4, -0.2) is 17.7 Å². The lowest BCUT2D eigenvalue weighted by Gasteiger charge is -2.21. The summed E-state index contributed by atoms with van der Waals surface area (Å²) in [6.07, 6.45) is 4.02.